The van der Waals surface area contributed by atoms with E-state index in [1.54, 1.807) is 19.1 Å². The molecule has 0 bridgehead atoms. The van der Waals surface area contributed by atoms with E-state index in [0.717, 1.165) is 31.3 Å². The molecular weight excluding hydrogens is 225 g/mol. The Hall–Kier alpha value is -1.25. The Labute approximate surface area is 99.2 Å². The summed E-state index contributed by atoms with van der Waals surface area (Å²) >= 11 is 0. The minimum atomic E-state index is -4.26. The van der Waals surface area contributed by atoms with E-state index >= 15 is 0 Å². The number of allylic oxidation sites excluding steroid dienone is 2. The average Bonchev–Trinajstić information content (AvgIpc) is 2.29. The van der Waals surface area contributed by atoms with Crippen LogP contribution in [0, 0.1) is 6.92 Å². The predicted molar refractivity (Wildman–Crippen MR) is 62.6 cm³/mol. The fraction of sp³-hybridized carbons (Fsp3) is 0.429. The zero-order valence-electron chi connectivity index (χ0n) is 9.77. The van der Waals surface area contributed by atoms with Crippen molar-refractivity contribution < 1.29 is 13.2 Å². The molecule has 17 heavy (non-hydrogen) atoms. The first-order chi connectivity index (χ1) is 7.98. The van der Waals surface area contributed by atoms with Gasteiger partial charge in [0.25, 0.3) is 0 Å². The first-order valence-corrected chi connectivity index (χ1v) is 5.86. The molecule has 0 atom stereocenters. The van der Waals surface area contributed by atoms with Crippen molar-refractivity contribution in [3.05, 3.63) is 41.0 Å². The zero-order chi connectivity index (χ0) is 12.5. The lowest BCUT2D eigenvalue weighted by atomic mass is 9.90. The van der Waals surface area contributed by atoms with E-state index in [-0.39, 0.29) is 0 Å². The molecule has 0 saturated heterocycles. The standard InChI is InChI=1S/C14H15F3/c1-10-7-8-12(11-5-3-2-4-6-11)13(9-10)14(15,16)17/h5,7-9H,2-4,6H2,1H3. The van der Waals surface area contributed by atoms with Crippen molar-refractivity contribution in [1.82, 2.24) is 0 Å². The lowest BCUT2D eigenvalue weighted by molar-refractivity contribution is -0.137. The smallest absolute Gasteiger partial charge is 0.166 e. The van der Waals surface area contributed by atoms with Gasteiger partial charge in [-0.3, -0.25) is 0 Å². The number of halogens is 3. The number of alkyl halides is 3. The second kappa shape index (κ2) is 4.55. The summed E-state index contributed by atoms with van der Waals surface area (Å²) in [5.41, 5.74) is 1.37. The molecule has 0 nitrogen and oxygen atoms in total. The third-order valence-corrected chi connectivity index (χ3v) is 3.12. The largest absolute Gasteiger partial charge is 0.417 e. The van der Waals surface area contributed by atoms with E-state index in [4.69, 9.17) is 0 Å². The van der Waals surface area contributed by atoms with Gasteiger partial charge in [0.2, 0.25) is 0 Å². The highest BCUT2D eigenvalue weighted by Gasteiger charge is 2.34. The van der Waals surface area contributed by atoms with Gasteiger partial charge in [-0.05, 0) is 49.8 Å². The number of hydrogen-bond donors (Lipinski definition) is 0. The molecule has 1 aromatic rings. The maximum absolute atomic E-state index is 13.0. The molecule has 0 N–H and O–H groups in total. The van der Waals surface area contributed by atoms with Crippen molar-refractivity contribution in [2.45, 2.75) is 38.8 Å². The summed E-state index contributed by atoms with van der Waals surface area (Å²) < 4.78 is 38.9. The highest BCUT2D eigenvalue weighted by Crippen LogP contribution is 2.38. The van der Waals surface area contributed by atoms with Crippen LogP contribution < -0.4 is 0 Å². The lowest BCUT2D eigenvalue weighted by Crippen LogP contribution is -2.10. The van der Waals surface area contributed by atoms with Crippen LogP contribution in [-0.4, -0.2) is 0 Å². The normalized spacial score (nSPS) is 16.8. The monoisotopic (exact) mass is 240 g/mol. The van der Waals surface area contributed by atoms with E-state index in [1.165, 1.54) is 6.07 Å². The number of benzene rings is 1. The number of hydrogen-bond acceptors (Lipinski definition) is 0. The summed E-state index contributed by atoms with van der Waals surface area (Å²) in [4.78, 5) is 0. The van der Waals surface area contributed by atoms with Crippen LogP contribution >= 0.6 is 0 Å². The Balaban J connectivity index is 2.49. The molecule has 2 rings (SSSR count). The van der Waals surface area contributed by atoms with Crippen molar-refractivity contribution in [3.63, 3.8) is 0 Å². The average molecular weight is 240 g/mol. The van der Waals surface area contributed by atoms with Crippen LogP contribution in [0.4, 0.5) is 13.2 Å². The molecule has 1 aliphatic rings. The minimum Gasteiger partial charge on any atom is -0.166 e. The molecule has 0 aromatic heterocycles. The fourth-order valence-electron chi connectivity index (χ4n) is 2.26. The second-order valence-electron chi connectivity index (χ2n) is 4.52. The van der Waals surface area contributed by atoms with Crippen LogP contribution in [0.5, 0.6) is 0 Å². The Bertz CT molecular complexity index is 441. The third-order valence-electron chi connectivity index (χ3n) is 3.12. The Morgan fingerprint density at radius 2 is 1.88 bits per heavy atom. The summed E-state index contributed by atoms with van der Waals surface area (Å²) in [5, 5.41) is 0. The Kier molecular flexibility index (Phi) is 3.27. The van der Waals surface area contributed by atoms with Gasteiger partial charge in [0.05, 0.1) is 5.56 Å². The van der Waals surface area contributed by atoms with Crippen molar-refractivity contribution in [2.24, 2.45) is 0 Å². The van der Waals surface area contributed by atoms with Crippen molar-refractivity contribution >= 4 is 5.57 Å². The van der Waals surface area contributed by atoms with E-state index in [1.807, 2.05) is 6.08 Å². The van der Waals surface area contributed by atoms with Crippen LogP contribution in [0.2, 0.25) is 0 Å². The van der Waals surface area contributed by atoms with Crippen LogP contribution in [-0.2, 0) is 6.18 Å². The Morgan fingerprint density at radius 1 is 1.12 bits per heavy atom. The maximum atomic E-state index is 13.0. The highest BCUT2D eigenvalue weighted by atomic mass is 19.4. The van der Waals surface area contributed by atoms with Gasteiger partial charge in [-0.1, -0.05) is 23.8 Å². The van der Waals surface area contributed by atoms with Crippen LogP contribution in [0.3, 0.4) is 0 Å². The number of aryl methyl sites for hydroxylation is 1. The third kappa shape index (κ3) is 2.71. The molecule has 1 aliphatic carbocycles. The summed E-state index contributed by atoms with van der Waals surface area (Å²) in [6, 6.07) is 4.60. The van der Waals surface area contributed by atoms with E-state index in [2.05, 4.69) is 0 Å². The van der Waals surface area contributed by atoms with E-state index < -0.39 is 11.7 Å². The topological polar surface area (TPSA) is 0 Å². The van der Waals surface area contributed by atoms with Gasteiger partial charge in [0.15, 0.2) is 0 Å². The summed E-state index contributed by atoms with van der Waals surface area (Å²) in [6.45, 7) is 1.69. The highest BCUT2D eigenvalue weighted by molar-refractivity contribution is 5.69. The van der Waals surface area contributed by atoms with Gasteiger partial charge in [-0.2, -0.15) is 13.2 Å². The molecule has 0 aliphatic heterocycles. The summed E-state index contributed by atoms with van der Waals surface area (Å²) in [5.74, 6) is 0. The zero-order valence-corrected chi connectivity index (χ0v) is 9.77. The molecule has 0 unspecified atom stereocenters. The molecule has 0 radical (unpaired) electrons. The molecule has 0 spiro atoms. The second-order valence-corrected chi connectivity index (χ2v) is 4.52. The SMILES string of the molecule is Cc1ccc(C2=CCCCC2)c(C(F)(F)F)c1. The summed E-state index contributed by atoms with van der Waals surface area (Å²) in [6.07, 6.45) is 1.39. The minimum absolute atomic E-state index is 0.364. The van der Waals surface area contributed by atoms with Crippen molar-refractivity contribution in [1.29, 1.82) is 0 Å². The van der Waals surface area contributed by atoms with Gasteiger partial charge in [-0.15, -0.1) is 0 Å². The fourth-order valence-corrected chi connectivity index (χ4v) is 2.26. The quantitative estimate of drug-likeness (QED) is 0.650. The van der Waals surface area contributed by atoms with Gasteiger partial charge in [0.1, 0.15) is 0 Å². The van der Waals surface area contributed by atoms with Gasteiger partial charge < -0.3 is 0 Å². The molecule has 0 amide bonds. The molecule has 1 aromatic carbocycles. The Morgan fingerprint density at radius 3 is 2.47 bits per heavy atom. The summed E-state index contributed by atoms with van der Waals surface area (Å²) in [7, 11) is 0. The first kappa shape index (κ1) is 12.2. The van der Waals surface area contributed by atoms with Crippen LogP contribution in [0.1, 0.15) is 42.4 Å². The van der Waals surface area contributed by atoms with Crippen LogP contribution in [0.15, 0.2) is 24.3 Å². The molecular formula is C14H15F3. The van der Waals surface area contributed by atoms with Gasteiger partial charge in [0, 0.05) is 0 Å². The van der Waals surface area contributed by atoms with Crippen molar-refractivity contribution in [3.8, 4) is 0 Å². The van der Waals surface area contributed by atoms with Gasteiger partial charge >= 0.3 is 6.18 Å². The molecule has 0 saturated carbocycles. The van der Waals surface area contributed by atoms with E-state index in [0.29, 0.717) is 11.1 Å². The molecule has 0 heterocycles. The maximum Gasteiger partial charge on any atom is 0.417 e. The molecule has 92 valence electrons. The lowest BCUT2D eigenvalue weighted by Gasteiger charge is -2.18. The predicted octanol–water partition coefficient (Wildman–Crippen LogP) is 4.97. The number of rotatable bonds is 1. The van der Waals surface area contributed by atoms with Gasteiger partial charge in [-0.25, -0.2) is 0 Å². The molecule has 3 heteroatoms. The molecule has 0 fully saturated rings. The first-order valence-electron chi connectivity index (χ1n) is 5.86. The van der Waals surface area contributed by atoms with E-state index in [9.17, 15) is 13.2 Å². The van der Waals surface area contributed by atoms with Crippen LogP contribution in [0.25, 0.3) is 5.57 Å². The van der Waals surface area contributed by atoms with Crippen molar-refractivity contribution in [2.75, 3.05) is 0 Å².